The lowest BCUT2D eigenvalue weighted by atomic mass is 10.1. The van der Waals surface area contributed by atoms with Gasteiger partial charge >= 0.3 is 12.2 Å². The fourth-order valence-corrected chi connectivity index (χ4v) is 2.30. The zero-order valence-corrected chi connectivity index (χ0v) is 14.7. The fraction of sp³-hybridized carbons (Fsp3) is 0.263. The van der Waals surface area contributed by atoms with Crippen LogP contribution in [0.25, 0.3) is 0 Å². The van der Waals surface area contributed by atoms with Gasteiger partial charge in [-0.15, -0.1) is 0 Å². The largest absolute Gasteiger partial charge is 0.418 e. The summed E-state index contributed by atoms with van der Waals surface area (Å²) in [6, 6.07) is 10.6. The van der Waals surface area contributed by atoms with E-state index in [4.69, 9.17) is 0 Å². The number of benzene rings is 2. The minimum atomic E-state index is -4.69. The normalized spacial score (nSPS) is 11.0. The summed E-state index contributed by atoms with van der Waals surface area (Å²) in [6.45, 7) is 2.30. The van der Waals surface area contributed by atoms with Crippen LogP contribution in [0.3, 0.4) is 0 Å². The van der Waals surface area contributed by atoms with Crippen LogP contribution in [0, 0.1) is 0 Å². The highest BCUT2D eigenvalue weighted by Gasteiger charge is 2.34. The Balaban J connectivity index is 2.18. The molecule has 0 aliphatic rings. The lowest BCUT2D eigenvalue weighted by Crippen LogP contribution is -2.30. The third kappa shape index (κ3) is 6.02. The average molecular weight is 379 g/mol. The van der Waals surface area contributed by atoms with Crippen molar-refractivity contribution < 1.29 is 22.8 Å². The van der Waals surface area contributed by atoms with Gasteiger partial charge in [0, 0.05) is 17.8 Å². The van der Waals surface area contributed by atoms with Crippen molar-refractivity contribution >= 4 is 23.3 Å². The fourth-order valence-electron chi connectivity index (χ4n) is 2.30. The number of hydrogen-bond donors (Lipinski definition) is 3. The van der Waals surface area contributed by atoms with Crippen LogP contribution in [0.4, 0.5) is 29.3 Å². The zero-order valence-electron chi connectivity index (χ0n) is 14.7. The smallest absolute Gasteiger partial charge is 0.338 e. The second-order valence-electron chi connectivity index (χ2n) is 5.81. The number of rotatable bonds is 6. The number of unbranched alkanes of at least 4 members (excludes halogenated alkanes) is 1. The van der Waals surface area contributed by atoms with E-state index in [0.29, 0.717) is 12.1 Å². The molecular formula is C19H20F3N3O2. The van der Waals surface area contributed by atoms with Gasteiger partial charge in [-0.3, -0.25) is 4.79 Å². The quantitative estimate of drug-likeness (QED) is 0.626. The Hall–Kier alpha value is -3.03. The van der Waals surface area contributed by atoms with E-state index in [1.165, 1.54) is 6.07 Å². The van der Waals surface area contributed by atoms with Gasteiger partial charge in [-0.1, -0.05) is 31.5 Å². The Labute approximate surface area is 155 Å². The number of halogens is 3. The molecule has 0 fully saturated rings. The summed E-state index contributed by atoms with van der Waals surface area (Å²) in [6.07, 6.45) is -3.12. The van der Waals surface area contributed by atoms with E-state index in [0.717, 1.165) is 25.0 Å². The summed E-state index contributed by atoms with van der Waals surface area (Å²) in [5.74, 6) is -0.526. The van der Waals surface area contributed by atoms with Gasteiger partial charge in [0.25, 0.3) is 5.91 Å². The Bertz CT molecular complexity index is 793. The molecule has 3 N–H and O–H groups in total. The molecule has 0 saturated heterocycles. The Morgan fingerprint density at radius 1 is 1.00 bits per heavy atom. The summed E-state index contributed by atoms with van der Waals surface area (Å²) in [7, 11) is 0. The Morgan fingerprint density at radius 3 is 2.33 bits per heavy atom. The standard InChI is InChI=1S/C19H20F3N3O2/c1-2-3-11-23-18(27)25-16-10-9-14(12-15(16)19(20,21)22)24-17(26)13-7-5-4-6-8-13/h4-10,12H,2-3,11H2,1H3,(H,24,26)(H2,23,25,27). The van der Waals surface area contributed by atoms with Crippen molar-refractivity contribution in [1.29, 1.82) is 0 Å². The van der Waals surface area contributed by atoms with Gasteiger partial charge in [0.05, 0.1) is 11.3 Å². The highest BCUT2D eigenvalue weighted by atomic mass is 19.4. The van der Waals surface area contributed by atoms with Gasteiger partial charge in [-0.05, 0) is 36.8 Å². The number of hydrogen-bond acceptors (Lipinski definition) is 2. The van der Waals surface area contributed by atoms with Gasteiger partial charge in [0.2, 0.25) is 0 Å². The van der Waals surface area contributed by atoms with E-state index in [9.17, 15) is 22.8 Å². The number of carbonyl (C=O) groups excluding carboxylic acids is 2. The number of carbonyl (C=O) groups is 2. The molecule has 144 valence electrons. The molecule has 2 rings (SSSR count). The van der Waals surface area contributed by atoms with Crippen LogP contribution in [0.2, 0.25) is 0 Å². The van der Waals surface area contributed by atoms with Crippen LogP contribution in [0.1, 0.15) is 35.7 Å². The molecule has 0 radical (unpaired) electrons. The van der Waals surface area contributed by atoms with Gasteiger partial charge in [-0.25, -0.2) is 4.79 Å². The number of amides is 3. The number of anilines is 2. The minimum absolute atomic E-state index is 0.0203. The van der Waals surface area contributed by atoms with Crippen molar-refractivity contribution in [1.82, 2.24) is 5.32 Å². The first-order valence-corrected chi connectivity index (χ1v) is 8.43. The van der Waals surface area contributed by atoms with Gasteiger partial charge in [0.1, 0.15) is 0 Å². The summed E-state index contributed by atoms with van der Waals surface area (Å²) < 4.78 is 40.1. The van der Waals surface area contributed by atoms with Gasteiger partial charge < -0.3 is 16.0 Å². The average Bonchev–Trinajstić information content (AvgIpc) is 2.63. The van der Waals surface area contributed by atoms with E-state index < -0.39 is 23.7 Å². The Morgan fingerprint density at radius 2 is 1.70 bits per heavy atom. The molecule has 2 aromatic carbocycles. The van der Waals surface area contributed by atoms with Crippen molar-refractivity contribution in [2.45, 2.75) is 25.9 Å². The molecule has 0 aromatic heterocycles. The molecule has 0 heterocycles. The minimum Gasteiger partial charge on any atom is -0.338 e. The summed E-state index contributed by atoms with van der Waals surface area (Å²) >= 11 is 0. The molecule has 8 heteroatoms. The van der Waals surface area contributed by atoms with Crippen molar-refractivity contribution in [3.63, 3.8) is 0 Å². The topological polar surface area (TPSA) is 70.2 Å². The predicted molar refractivity (Wildman–Crippen MR) is 97.8 cm³/mol. The third-order valence-corrected chi connectivity index (χ3v) is 3.68. The SMILES string of the molecule is CCCCNC(=O)Nc1ccc(NC(=O)c2ccccc2)cc1C(F)(F)F. The molecule has 0 aliphatic carbocycles. The highest BCUT2D eigenvalue weighted by Crippen LogP contribution is 2.36. The maximum atomic E-state index is 13.4. The van der Waals surface area contributed by atoms with Crippen molar-refractivity contribution in [3.05, 3.63) is 59.7 Å². The molecule has 0 spiro atoms. The van der Waals surface area contributed by atoms with Crippen LogP contribution in [-0.4, -0.2) is 18.5 Å². The van der Waals surface area contributed by atoms with Gasteiger partial charge in [0.15, 0.2) is 0 Å². The maximum Gasteiger partial charge on any atom is 0.418 e. The molecular weight excluding hydrogens is 359 g/mol. The number of urea groups is 1. The summed E-state index contributed by atoms with van der Waals surface area (Å²) in [5, 5.41) is 7.12. The van der Waals surface area contributed by atoms with E-state index in [2.05, 4.69) is 16.0 Å². The van der Waals surface area contributed by atoms with E-state index in [1.807, 2.05) is 6.92 Å². The molecule has 3 amide bonds. The first-order valence-electron chi connectivity index (χ1n) is 8.43. The molecule has 0 aliphatic heterocycles. The maximum absolute atomic E-state index is 13.4. The first-order chi connectivity index (χ1) is 12.8. The van der Waals surface area contributed by atoms with Crippen LogP contribution in [0.5, 0.6) is 0 Å². The number of alkyl halides is 3. The van der Waals surface area contributed by atoms with Crippen LogP contribution < -0.4 is 16.0 Å². The van der Waals surface area contributed by atoms with Crippen LogP contribution >= 0.6 is 0 Å². The van der Waals surface area contributed by atoms with Crippen molar-refractivity contribution in [2.24, 2.45) is 0 Å². The van der Waals surface area contributed by atoms with Crippen molar-refractivity contribution in [2.75, 3.05) is 17.2 Å². The Kier molecular flexibility index (Phi) is 6.81. The highest BCUT2D eigenvalue weighted by molar-refractivity contribution is 6.04. The van der Waals surface area contributed by atoms with E-state index in [-0.39, 0.29) is 11.4 Å². The van der Waals surface area contributed by atoms with E-state index >= 15 is 0 Å². The molecule has 0 saturated carbocycles. The summed E-state index contributed by atoms with van der Waals surface area (Å²) in [4.78, 5) is 23.9. The molecule has 0 atom stereocenters. The lowest BCUT2D eigenvalue weighted by molar-refractivity contribution is -0.136. The van der Waals surface area contributed by atoms with Crippen molar-refractivity contribution in [3.8, 4) is 0 Å². The van der Waals surface area contributed by atoms with Crippen LogP contribution in [0.15, 0.2) is 48.5 Å². The van der Waals surface area contributed by atoms with E-state index in [1.54, 1.807) is 30.3 Å². The second kappa shape index (κ2) is 9.07. The van der Waals surface area contributed by atoms with Crippen LogP contribution in [-0.2, 0) is 6.18 Å². The monoisotopic (exact) mass is 379 g/mol. The molecule has 0 bridgehead atoms. The molecule has 27 heavy (non-hydrogen) atoms. The lowest BCUT2D eigenvalue weighted by Gasteiger charge is -2.16. The zero-order chi connectivity index (χ0) is 19.9. The molecule has 5 nitrogen and oxygen atoms in total. The molecule has 2 aromatic rings. The second-order valence-corrected chi connectivity index (χ2v) is 5.81. The molecule has 0 unspecified atom stereocenters. The summed E-state index contributed by atoms with van der Waals surface area (Å²) in [5.41, 5.74) is -1.12. The van der Waals surface area contributed by atoms with Gasteiger partial charge in [-0.2, -0.15) is 13.2 Å². The third-order valence-electron chi connectivity index (χ3n) is 3.68. The first kappa shape index (κ1) is 20.3. The predicted octanol–water partition coefficient (Wildman–Crippen LogP) is 4.88. The number of nitrogens with one attached hydrogen (secondary N) is 3.